The molecule has 0 aromatic carbocycles. The van der Waals surface area contributed by atoms with Gasteiger partial charge in [-0.3, -0.25) is 0 Å². The minimum absolute atomic E-state index is 0.359. The molecule has 5 nitrogen and oxygen atoms in total. The number of allylic oxidation sites excluding steroid dienone is 1. The van der Waals surface area contributed by atoms with Crippen molar-refractivity contribution in [2.75, 3.05) is 11.9 Å². The van der Waals surface area contributed by atoms with E-state index >= 15 is 0 Å². The van der Waals surface area contributed by atoms with E-state index in [1.54, 1.807) is 19.4 Å². The lowest BCUT2D eigenvalue weighted by molar-refractivity contribution is -0.137. The van der Waals surface area contributed by atoms with Crippen molar-refractivity contribution in [3.63, 3.8) is 0 Å². The molecule has 0 amide bonds. The number of ether oxygens (including phenoxy) is 1. The molecule has 0 aliphatic heterocycles. The maximum Gasteiger partial charge on any atom is 0.332 e. The van der Waals surface area contributed by atoms with Gasteiger partial charge in [0.05, 0.1) is 6.61 Å². The normalized spacial score (nSPS) is 11.1. The van der Waals surface area contributed by atoms with Crippen LogP contribution in [-0.2, 0) is 9.53 Å². The van der Waals surface area contributed by atoms with E-state index in [-0.39, 0.29) is 5.97 Å². The third-order valence-corrected chi connectivity index (χ3v) is 1.89. The third-order valence-electron chi connectivity index (χ3n) is 1.29. The van der Waals surface area contributed by atoms with Crippen molar-refractivity contribution in [2.45, 2.75) is 13.8 Å². The van der Waals surface area contributed by atoms with Crippen LogP contribution in [0.3, 0.4) is 0 Å². The molecule has 1 heterocycles. The van der Waals surface area contributed by atoms with Crippen LogP contribution in [0.1, 0.15) is 13.8 Å². The zero-order valence-corrected chi connectivity index (χ0v) is 8.80. The molecule has 6 heteroatoms. The van der Waals surface area contributed by atoms with Gasteiger partial charge in [0.25, 0.3) is 0 Å². The van der Waals surface area contributed by atoms with E-state index in [4.69, 9.17) is 4.74 Å². The first-order valence-electron chi connectivity index (χ1n) is 4.10. The fourth-order valence-corrected chi connectivity index (χ4v) is 1.30. The Labute approximate surface area is 85.8 Å². The summed E-state index contributed by atoms with van der Waals surface area (Å²) < 4.78 is 4.74. The van der Waals surface area contributed by atoms with Crippen molar-refractivity contribution in [3.05, 3.63) is 17.3 Å². The van der Waals surface area contributed by atoms with Crippen molar-refractivity contribution >= 4 is 22.4 Å². The van der Waals surface area contributed by atoms with Gasteiger partial charge in [-0.15, -0.1) is 10.2 Å². The van der Waals surface area contributed by atoms with Crippen molar-refractivity contribution in [1.82, 2.24) is 10.2 Å². The minimum atomic E-state index is -0.359. The van der Waals surface area contributed by atoms with Gasteiger partial charge in [-0.1, -0.05) is 11.3 Å². The van der Waals surface area contributed by atoms with Crippen LogP contribution in [0.5, 0.6) is 0 Å². The number of aromatic nitrogens is 2. The number of carbonyl (C=O) groups is 1. The Bertz CT molecular complexity index is 321. The van der Waals surface area contributed by atoms with Gasteiger partial charge < -0.3 is 10.1 Å². The average molecular weight is 213 g/mol. The Morgan fingerprint density at radius 1 is 1.79 bits per heavy atom. The van der Waals surface area contributed by atoms with E-state index in [2.05, 4.69) is 15.5 Å². The summed E-state index contributed by atoms with van der Waals surface area (Å²) in [6.07, 6.45) is 1.38. The highest BCUT2D eigenvalue weighted by atomic mass is 32.1. The highest BCUT2D eigenvalue weighted by Crippen LogP contribution is 2.10. The number of nitrogens with one attached hydrogen (secondary N) is 1. The zero-order chi connectivity index (χ0) is 10.4. The molecule has 0 aliphatic rings. The molecule has 0 atom stereocenters. The van der Waals surface area contributed by atoms with Gasteiger partial charge in [-0.05, 0) is 13.8 Å². The van der Waals surface area contributed by atoms with Crippen LogP contribution >= 0.6 is 11.3 Å². The number of rotatable bonds is 4. The number of hydrogen-bond donors (Lipinski definition) is 1. The number of hydrogen-bond acceptors (Lipinski definition) is 6. The van der Waals surface area contributed by atoms with E-state index in [1.807, 2.05) is 0 Å². The molecule has 0 bridgehead atoms. The van der Waals surface area contributed by atoms with Crippen molar-refractivity contribution in [1.29, 1.82) is 0 Å². The van der Waals surface area contributed by atoms with E-state index in [9.17, 15) is 4.79 Å². The lowest BCUT2D eigenvalue weighted by Crippen LogP contribution is -2.04. The summed E-state index contributed by atoms with van der Waals surface area (Å²) in [5, 5.41) is 11.0. The Morgan fingerprint density at radius 2 is 2.57 bits per heavy atom. The molecule has 0 radical (unpaired) electrons. The summed E-state index contributed by atoms with van der Waals surface area (Å²) in [7, 11) is 0. The molecular formula is C8H11N3O2S. The number of anilines is 1. The molecule has 0 saturated heterocycles. The van der Waals surface area contributed by atoms with Gasteiger partial charge in [0.15, 0.2) is 0 Å². The topological polar surface area (TPSA) is 64.1 Å². The number of carbonyl (C=O) groups excluding carboxylic acids is 1. The standard InChI is InChI=1S/C8H11N3O2S/c1-3-13-7(12)4-6(2)10-8-11-9-5-14-8/h4-5H,3H2,1-2H3,(H,10,11)/b6-4-. The summed E-state index contributed by atoms with van der Waals surface area (Å²) in [5.74, 6) is -0.359. The largest absolute Gasteiger partial charge is 0.463 e. The molecule has 1 aromatic rings. The van der Waals surface area contributed by atoms with E-state index in [0.29, 0.717) is 17.4 Å². The molecule has 0 unspecified atom stereocenters. The van der Waals surface area contributed by atoms with E-state index in [0.717, 1.165) is 0 Å². The molecule has 0 spiro atoms. The Balaban J connectivity index is 2.49. The molecule has 14 heavy (non-hydrogen) atoms. The first-order valence-corrected chi connectivity index (χ1v) is 4.98. The van der Waals surface area contributed by atoms with Gasteiger partial charge >= 0.3 is 5.97 Å². The van der Waals surface area contributed by atoms with Gasteiger partial charge in [-0.2, -0.15) is 0 Å². The molecular weight excluding hydrogens is 202 g/mol. The number of esters is 1. The fraction of sp³-hybridized carbons (Fsp3) is 0.375. The summed E-state index contributed by atoms with van der Waals surface area (Å²) in [5.41, 5.74) is 2.29. The highest BCUT2D eigenvalue weighted by Gasteiger charge is 2.00. The molecule has 0 fully saturated rings. The van der Waals surface area contributed by atoms with E-state index < -0.39 is 0 Å². The second kappa shape index (κ2) is 5.33. The summed E-state index contributed by atoms with van der Waals surface area (Å²) in [6, 6.07) is 0. The summed E-state index contributed by atoms with van der Waals surface area (Å²) >= 11 is 1.37. The lowest BCUT2D eigenvalue weighted by atomic mass is 10.4. The summed E-state index contributed by atoms with van der Waals surface area (Å²) in [4.78, 5) is 11.0. The average Bonchev–Trinajstić information content (AvgIpc) is 2.56. The smallest absolute Gasteiger partial charge is 0.332 e. The van der Waals surface area contributed by atoms with Crippen molar-refractivity contribution < 1.29 is 9.53 Å². The SMILES string of the molecule is CCOC(=O)/C=C(/C)Nc1nncs1. The van der Waals surface area contributed by atoms with Crippen LogP contribution in [0.25, 0.3) is 0 Å². The molecule has 1 rings (SSSR count). The Kier molecular flexibility index (Phi) is 4.06. The van der Waals surface area contributed by atoms with Gasteiger partial charge in [0, 0.05) is 11.8 Å². The molecule has 0 saturated carbocycles. The van der Waals surface area contributed by atoms with Crippen LogP contribution in [0.15, 0.2) is 17.3 Å². The first-order chi connectivity index (χ1) is 6.72. The van der Waals surface area contributed by atoms with Crippen molar-refractivity contribution in [2.24, 2.45) is 0 Å². The molecule has 76 valence electrons. The minimum Gasteiger partial charge on any atom is -0.463 e. The van der Waals surface area contributed by atoms with Gasteiger partial charge in [0.2, 0.25) is 5.13 Å². The Morgan fingerprint density at radius 3 is 3.14 bits per heavy atom. The maximum atomic E-state index is 11.0. The zero-order valence-electron chi connectivity index (χ0n) is 7.98. The van der Waals surface area contributed by atoms with Crippen molar-refractivity contribution in [3.8, 4) is 0 Å². The van der Waals surface area contributed by atoms with Crippen LogP contribution in [0, 0.1) is 0 Å². The van der Waals surface area contributed by atoms with E-state index in [1.165, 1.54) is 17.4 Å². The van der Waals surface area contributed by atoms with Crippen LogP contribution in [-0.4, -0.2) is 22.8 Å². The fourth-order valence-electron chi connectivity index (χ4n) is 0.793. The second-order valence-corrected chi connectivity index (χ2v) is 3.28. The van der Waals surface area contributed by atoms with Gasteiger partial charge in [-0.25, -0.2) is 4.79 Å². The first kappa shape index (κ1) is 10.6. The lowest BCUT2D eigenvalue weighted by Gasteiger charge is -2.01. The Hall–Kier alpha value is -1.43. The van der Waals surface area contributed by atoms with Crippen LogP contribution < -0.4 is 5.32 Å². The quantitative estimate of drug-likeness (QED) is 0.605. The predicted molar refractivity (Wildman–Crippen MR) is 53.9 cm³/mol. The van der Waals surface area contributed by atoms with Crippen LogP contribution in [0.2, 0.25) is 0 Å². The maximum absolute atomic E-state index is 11.0. The predicted octanol–water partition coefficient (Wildman–Crippen LogP) is 1.42. The molecule has 1 aromatic heterocycles. The second-order valence-electron chi connectivity index (χ2n) is 2.45. The summed E-state index contributed by atoms with van der Waals surface area (Å²) in [6.45, 7) is 3.90. The number of nitrogens with zero attached hydrogens (tertiary/aromatic N) is 2. The highest BCUT2D eigenvalue weighted by molar-refractivity contribution is 7.13. The van der Waals surface area contributed by atoms with Gasteiger partial charge in [0.1, 0.15) is 5.51 Å². The molecule has 0 aliphatic carbocycles. The monoisotopic (exact) mass is 213 g/mol. The molecule has 1 N–H and O–H groups in total. The third kappa shape index (κ3) is 3.53. The van der Waals surface area contributed by atoms with Crippen LogP contribution in [0.4, 0.5) is 5.13 Å².